The molecule has 0 aliphatic heterocycles. The summed E-state index contributed by atoms with van der Waals surface area (Å²) in [6.07, 6.45) is 4.90. The zero-order valence-corrected chi connectivity index (χ0v) is 20.7. The zero-order chi connectivity index (χ0) is 26.2. The fourth-order valence-electron chi connectivity index (χ4n) is 4.80. The number of anilines is 1. The van der Waals surface area contributed by atoms with Gasteiger partial charge in [0.1, 0.15) is 11.4 Å². The molecule has 7 nitrogen and oxygen atoms in total. The number of amides is 1. The SMILES string of the molecule is CN(c1cc(C(F)(F)F)nc2ccc(Cl)cc12)C1CCC(NC(=O)c2cc(-n3ccnc3)ccn2)CC1. The van der Waals surface area contributed by atoms with Crippen LogP contribution < -0.4 is 10.2 Å². The fraction of sp³-hybridized carbons (Fsp3) is 0.308. The summed E-state index contributed by atoms with van der Waals surface area (Å²) in [4.78, 5) is 26.7. The Morgan fingerprint density at radius 2 is 1.89 bits per heavy atom. The van der Waals surface area contributed by atoms with Crippen molar-refractivity contribution in [1.29, 1.82) is 0 Å². The highest BCUT2D eigenvalue weighted by molar-refractivity contribution is 6.31. The van der Waals surface area contributed by atoms with E-state index in [0.29, 0.717) is 47.5 Å². The third-order valence-corrected chi connectivity index (χ3v) is 7.01. The van der Waals surface area contributed by atoms with Gasteiger partial charge in [0.05, 0.1) is 17.5 Å². The van der Waals surface area contributed by atoms with Gasteiger partial charge in [0.2, 0.25) is 0 Å². The number of aromatic nitrogens is 4. The lowest BCUT2D eigenvalue weighted by atomic mass is 9.89. The summed E-state index contributed by atoms with van der Waals surface area (Å²) in [5, 5.41) is 4.05. The van der Waals surface area contributed by atoms with Crippen LogP contribution in [0.3, 0.4) is 0 Å². The normalized spacial score (nSPS) is 18.1. The second-order valence-electron chi connectivity index (χ2n) is 9.14. The number of nitrogens with one attached hydrogen (secondary N) is 1. The van der Waals surface area contributed by atoms with Gasteiger partial charge < -0.3 is 14.8 Å². The topological polar surface area (TPSA) is 75.9 Å². The maximum absolute atomic E-state index is 13.5. The minimum absolute atomic E-state index is 0.00140. The Morgan fingerprint density at radius 3 is 2.59 bits per heavy atom. The quantitative estimate of drug-likeness (QED) is 0.361. The molecule has 3 aromatic heterocycles. The van der Waals surface area contributed by atoms with E-state index in [-0.39, 0.29) is 23.5 Å². The monoisotopic (exact) mass is 528 g/mol. The van der Waals surface area contributed by atoms with Gasteiger partial charge in [-0.2, -0.15) is 13.2 Å². The van der Waals surface area contributed by atoms with Gasteiger partial charge in [-0.15, -0.1) is 0 Å². The maximum Gasteiger partial charge on any atom is 0.433 e. The number of pyridine rings is 2. The van der Waals surface area contributed by atoms with E-state index in [4.69, 9.17) is 11.6 Å². The minimum atomic E-state index is -4.56. The van der Waals surface area contributed by atoms with Crippen molar-refractivity contribution in [3.05, 3.63) is 77.7 Å². The Labute approximate surface area is 216 Å². The molecule has 1 aromatic carbocycles. The van der Waals surface area contributed by atoms with Crippen LogP contribution in [0.2, 0.25) is 5.02 Å². The molecule has 0 unspecified atom stereocenters. The lowest BCUT2D eigenvalue weighted by Gasteiger charge is -2.37. The highest BCUT2D eigenvalue weighted by atomic mass is 35.5. The second-order valence-corrected chi connectivity index (χ2v) is 9.58. The van der Waals surface area contributed by atoms with E-state index in [2.05, 4.69) is 20.3 Å². The van der Waals surface area contributed by atoms with Crippen molar-refractivity contribution in [2.24, 2.45) is 0 Å². The molecule has 1 amide bonds. The molecule has 1 aliphatic carbocycles. The highest BCUT2D eigenvalue weighted by Crippen LogP contribution is 2.37. The molecule has 1 fully saturated rings. The van der Waals surface area contributed by atoms with Crippen LogP contribution >= 0.6 is 11.6 Å². The summed E-state index contributed by atoms with van der Waals surface area (Å²) in [5.74, 6) is -0.261. The van der Waals surface area contributed by atoms with Crippen molar-refractivity contribution in [3.8, 4) is 5.69 Å². The Hall–Kier alpha value is -3.66. The van der Waals surface area contributed by atoms with Crippen molar-refractivity contribution in [2.75, 3.05) is 11.9 Å². The van der Waals surface area contributed by atoms with Crippen molar-refractivity contribution >= 4 is 34.1 Å². The van der Waals surface area contributed by atoms with Gasteiger partial charge in [0, 0.05) is 53.8 Å². The number of benzene rings is 1. The highest BCUT2D eigenvalue weighted by Gasteiger charge is 2.35. The standard InChI is InChI=1S/C26H24ClF3N6O/c1-35(23-14-24(26(28,29)30)34-21-7-2-16(27)12-20(21)23)18-5-3-17(4-6-18)33-25(37)22-13-19(8-9-32-22)36-11-10-31-15-36/h2,7-15,17-18H,3-6H2,1H3,(H,33,37). The third kappa shape index (κ3) is 5.39. The Kier molecular flexibility index (Phi) is 6.76. The largest absolute Gasteiger partial charge is 0.433 e. The van der Waals surface area contributed by atoms with Crippen molar-refractivity contribution in [1.82, 2.24) is 24.8 Å². The summed E-state index contributed by atoms with van der Waals surface area (Å²) < 4.78 is 42.4. The van der Waals surface area contributed by atoms with Crippen LogP contribution in [0.5, 0.6) is 0 Å². The molecule has 0 saturated heterocycles. The van der Waals surface area contributed by atoms with E-state index in [1.165, 1.54) is 12.1 Å². The van der Waals surface area contributed by atoms with Crippen molar-refractivity contribution in [2.45, 2.75) is 43.9 Å². The average Bonchev–Trinajstić information content (AvgIpc) is 3.43. The molecule has 1 saturated carbocycles. The van der Waals surface area contributed by atoms with Crippen LogP contribution in [0.25, 0.3) is 16.6 Å². The predicted molar refractivity (Wildman–Crippen MR) is 135 cm³/mol. The lowest BCUT2D eigenvalue weighted by Crippen LogP contribution is -2.43. The first kappa shape index (κ1) is 25.0. The molecule has 4 aromatic rings. The number of imidazole rings is 1. The molecule has 0 bridgehead atoms. The summed E-state index contributed by atoms with van der Waals surface area (Å²) in [5.41, 5.74) is 0.840. The Bertz CT molecular complexity index is 1420. The number of hydrogen-bond acceptors (Lipinski definition) is 5. The van der Waals surface area contributed by atoms with Crippen molar-refractivity contribution in [3.63, 3.8) is 0 Å². The summed E-state index contributed by atoms with van der Waals surface area (Å²) in [6, 6.07) is 9.22. The number of nitrogens with zero attached hydrogens (tertiary/aromatic N) is 5. The number of hydrogen-bond donors (Lipinski definition) is 1. The zero-order valence-electron chi connectivity index (χ0n) is 19.9. The molecule has 3 heterocycles. The number of alkyl halides is 3. The molecule has 1 aliphatic rings. The molecule has 192 valence electrons. The fourth-order valence-corrected chi connectivity index (χ4v) is 4.97. The smallest absolute Gasteiger partial charge is 0.371 e. The molecular weight excluding hydrogens is 505 g/mol. The molecule has 5 rings (SSSR count). The Balaban J connectivity index is 1.28. The summed E-state index contributed by atoms with van der Waals surface area (Å²) in [6.45, 7) is 0. The van der Waals surface area contributed by atoms with E-state index in [1.807, 2.05) is 4.90 Å². The molecular formula is C26H24ClF3N6O. The van der Waals surface area contributed by atoms with Crippen LogP contribution in [-0.4, -0.2) is 44.6 Å². The van der Waals surface area contributed by atoms with Gasteiger partial charge in [0.25, 0.3) is 5.91 Å². The first-order valence-electron chi connectivity index (χ1n) is 11.8. The number of halogens is 4. The van der Waals surface area contributed by atoms with Gasteiger partial charge in [-0.1, -0.05) is 11.6 Å². The van der Waals surface area contributed by atoms with Gasteiger partial charge in [-0.05, 0) is 62.1 Å². The van der Waals surface area contributed by atoms with Crippen LogP contribution in [-0.2, 0) is 6.18 Å². The molecule has 11 heteroatoms. The first-order valence-corrected chi connectivity index (χ1v) is 12.2. The van der Waals surface area contributed by atoms with Gasteiger partial charge in [-0.3, -0.25) is 9.78 Å². The van der Waals surface area contributed by atoms with Crippen molar-refractivity contribution < 1.29 is 18.0 Å². The first-order chi connectivity index (χ1) is 17.7. The number of fused-ring (bicyclic) bond motifs is 1. The predicted octanol–water partition coefficient (Wildman–Crippen LogP) is 5.67. The number of rotatable bonds is 5. The number of carbonyl (C=O) groups is 1. The average molecular weight is 529 g/mol. The van der Waals surface area contributed by atoms with E-state index in [1.54, 1.807) is 54.7 Å². The van der Waals surface area contributed by atoms with Crippen LogP contribution in [0.1, 0.15) is 41.9 Å². The maximum atomic E-state index is 13.5. The van der Waals surface area contributed by atoms with Gasteiger partial charge in [0.15, 0.2) is 0 Å². The molecule has 0 radical (unpaired) electrons. The van der Waals surface area contributed by atoms with Crippen LogP contribution in [0, 0.1) is 0 Å². The van der Waals surface area contributed by atoms with Crippen LogP contribution in [0.15, 0.2) is 61.3 Å². The summed E-state index contributed by atoms with van der Waals surface area (Å²) in [7, 11) is 1.80. The van der Waals surface area contributed by atoms with E-state index >= 15 is 0 Å². The molecule has 37 heavy (non-hydrogen) atoms. The van der Waals surface area contributed by atoms with Gasteiger partial charge >= 0.3 is 6.18 Å². The molecule has 0 atom stereocenters. The van der Waals surface area contributed by atoms with E-state index in [9.17, 15) is 18.0 Å². The lowest BCUT2D eigenvalue weighted by molar-refractivity contribution is -0.140. The molecule has 0 spiro atoms. The number of carbonyl (C=O) groups excluding carboxylic acids is 1. The van der Waals surface area contributed by atoms with Gasteiger partial charge in [-0.25, -0.2) is 9.97 Å². The van der Waals surface area contributed by atoms with Crippen LogP contribution in [0.4, 0.5) is 18.9 Å². The summed E-state index contributed by atoms with van der Waals surface area (Å²) >= 11 is 6.15. The second kappa shape index (κ2) is 10.0. The minimum Gasteiger partial charge on any atom is -0.371 e. The Morgan fingerprint density at radius 1 is 1.11 bits per heavy atom. The van der Waals surface area contributed by atoms with E-state index < -0.39 is 11.9 Å². The third-order valence-electron chi connectivity index (χ3n) is 6.78. The molecule has 1 N–H and O–H groups in total. The van der Waals surface area contributed by atoms with E-state index in [0.717, 1.165) is 11.8 Å².